The van der Waals surface area contributed by atoms with E-state index < -0.39 is 0 Å². The van der Waals surface area contributed by atoms with Crippen molar-refractivity contribution >= 4 is 39.1 Å². The lowest BCUT2D eigenvalue weighted by Crippen LogP contribution is -2.03. The number of hydrogen-bond donors (Lipinski definition) is 2. The largest absolute Gasteiger partial charge is 0.495 e. The maximum Gasteiger partial charge on any atom is 0.229 e. The molecule has 1 aromatic heterocycles. The predicted octanol–water partition coefficient (Wildman–Crippen LogP) is 5.35. The van der Waals surface area contributed by atoms with Crippen LogP contribution < -0.4 is 15.4 Å². The highest BCUT2D eigenvalue weighted by atomic mass is 79.9. The molecule has 128 valence electrons. The van der Waals surface area contributed by atoms with Gasteiger partial charge in [-0.1, -0.05) is 22.0 Å². The van der Waals surface area contributed by atoms with E-state index in [2.05, 4.69) is 36.5 Å². The fraction of sp³-hybridized carbons (Fsp3) is 0.158. The molecule has 0 atom stereocenters. The zero-order valence-corrected chi connectivity index (χ0v) is 15.9. The summed E-state index contributed by atoms with van der Waals surface area (Å²) in [7, 11) is 1.65. The molecule has 0 radical (unpaired) electrons. The number of hydrogen-bond acceptors (Lipinski definition) is 5. The molecule has 0 aliphatic heterocycles. The van der Waals surface area contributed by atoms with Gasteiger partial charge in [-0.2, -0.15) is 4.98 Å². The van der Waals surface area contributed by atoms with Crippen molar-refractivity contribution < 1.29 is 4.74 Å². The zero-order valence-electron chi connectivity index (χ0n) is 14.3. The van der Waals surface area contributed by atoms with Gasteiger partial charge in [0.15, 0.2) is 0 Å². The molecule has 3 aromatic rings. The van der Waals surface area contributed by atoms with Crippen LogP contribution in [-0.4, -0.2) is 17.1 Å². The summed E-state index contributed by atoms with van der Waals surface area (Å²) in [5.74, 6) is 2.01. The first-order valence-corrected chi connectivity index (χ1v) is 8.63. The van der Waals surface area contributed by atoms with Gasteiger partial charge in [-0.15, -0.1) is 0 Å². The standard InChI is InChI=1S/C19H19BrN4O/c1-12-4-9-17(25-3)16(10-12)23-18-11-13(2)21-19(24-18)22-15-7-5-14(20)6-8-15/h4-11H,1-3H3,(H2,21,22,23,24). The Labute approximate surface area is 155 Å². The number of aromatic nitrogens is 2. The quantitative estimate of drug-likeness (QED) is 0.606. The summed E-state index contributed by atoms with van der Waals surface area (Å²) in [5.41, 5.74) is 3.80. The highest BCUT2D eigenvalue weighted by molar-refractivity contribution is 9.10. The van der Waals surface area contributed by atoms with Crippen molar-refractivity contribution in [2.45, 2.75) is 13.8 Å². The van der Waals surface area contributed by atoms with Gasteiger partial charge in [-0.3, -0.25) is 0 Å². The summed E-state index contributed by atoms with van der Waals surface area (Å²) in [6.45, 7) is 3.98. The molecule has 5 nitrogen and oxygen atoms in total. The van der Waals surface area contributed by atoms with E-state index >= 15 is 0 Å². The van der Waals surface area contributed by atoms with Gasteiger partial charge in [-0.05, 0) is 55.8 Å². The van der Waals surface area contributed by atoms with Crippen LogP contribution in [0.1, 0.15) is 11.3 Å². The first kappa shape index (κ1) is 17.2. The van der Waals surface area contributed by atoms with E-state index in [0.717, 1.165) is 32.9 Å². The Hall–Kier alpha value is -2.60. The van der Waals surface area contributed by atoms with Crippen LogP contribution in [0.4, 0.5) is 23.1 Å². The molecule has 0 spiro atoms. The van der Waals surface area contributed by atoms with Crippen LogP contribution in [0.25, 0.3) is 0 Å². The second-order valence-corrected chi connectivity index (χ2v) is 6.59. The Morgan fingerprint density at radius 2 is 1.68 bits per heavy atom. The molecule has 6 heteroatoms. The molecule has 2 N–H and O–H groups in total. The molecule has 3 rings (SSSR count). The lowest BCUT2D eigenvalue weighted by molar-refractivity contribution is 0.416. The lowest BCUT2D eigenvalue weighted by Gasteiger charge is -2.13. The summed E-state index contributed by atoms with van der Waals surface area (Å²) in [4.78, 5) is 9.00. The van der Waals surface area contributed by atoms with Gasteiger partial charge < -0.3 is 15.4 Å². The Morgan fingerprint density at radius 3 is 2.40 bits per heavy atom. The topological polar surface area (TPSA) is 59.1 Å². The molecule has 1 heterocycles. The van der Waals surface area contributed by atoms with Gasteiger partial charge in [0.25, 0.3) is 0 Å². The van der Waals surface area contributed by atoms with Crippen LogP contribution in [0, 0.1) is 13.8 Å². The van der Waals surface area contributed by atoms with Gasteiger partial charge in [0, 0.05) is 21.9 Å². The summed E-state index contributed by atoms with van der Waals surface area (Å²) < 4.78 is 6.44. The first-order valence-electron chi connectivity index (χ1n) is 7.83. The smallest absolute Gasteiger partial charge is 0.229 e. The van der Waals surface area contributed by atoms with Crippen molar-refractivity contribution in [3.63, 3.8) is 0 Å². The number of ether oxygens (including phenoxy) is 1. The second kappa shape index (κ2) is 7.53. The van der Waals surface area contributed by atoms with Gasteiger partial charge in [0.1, 0.15) is 11.6 Å². The second-order valence-electron chi connectivity index (χ2n) is 5.68. The van der Waals surface area contributed by atoms with Crippen molar-refractivity contribution in [1.82, 2.24) is 9.97 Å². The minimum absolute atomic E-state index is 0.538. The third-order valence-electron chi connectivity index (χ3n) is 3.57. The average Bonchev–Trinajstić information content (AvgIpc) is 2.57. The van der Waals surface area contributed by atoms with E-state index in [1.54, 1.807) is 7.11 Å². The van der Waals surface area contributed by atoms with Gasteiger partial charge in [-0.25, -0.2) is 4.98 Å². The number of rotatable bonds is 5. The molecular weight excluding hydrogens is 380 g/mol. The third-order valence-corrected chi connectivity index (χ3v) is 4.10. The Kier molecular flexibility index (Phi) is 5.19. The monoisotopic (exact) mass is 398 g/mol. The number of nitrogens with one attached hydrogen (secondary N) is 2. The van der Waals surface area contributed by atoms with Gasteiger partial charge in [0.2, 0.25) is 5.95 Å². The van der Waals surface area contributed by atoms with Crippen LogP contribution in [0.15, 0.2) is 53.0 Å². The average molecular weight is 399 g/mol. The molecule has 0 aliphatic carbocycles. The number of aryl methyl sites for hydroxylation is 2. The van der Waals surface area contributed by atoms with Crippen molar-refractivity contribution in [1.29, 1.82) is 0 Å². The molecule has 0 amide bonds. The highest BCUT2D eigenvalue weighted by Crippen LogP contribution is 2.28. The summed E-state index contributed by atoms with van der Waals surface area (Å²) >= 11 is 3.43. The molecule has 0 saturated carbocycles. The number of halogens is 1. The molecule has 0 unspecified atom stereocenters. The molecule has 0 saturated heterocycles. The predicted molar refractivity (Wildman–Crippen MR) is 105 cm³/mol. The molecule has 0 aliphatic rings. The molecular formula is C19H19BrN4O. The number of methoxy groups -OCH3 is 1. The first-order chi connectivity index (χ1) is 12.0. The minimum atomic E-state index is 0.538. The van der Waals surface area contributed by atoms with Crippen LogP contribution in [0.5, 0.6) is 5.75 Å². The van der Waals surface area contributed by atoms with E-state index in [1.165, 1.54) is 0 Å². The summed E-state index contributed by atoms with van der Waals surface area (Å²) in [6.07, 6.45) is 0. The normalized spacial score (nSPS) is 10.4. The van der Waals surface area contributed by atoms with E-state index in [1.807, 2.05) is 62.4 Å². The van der Waals surface area contributed by atoms with E-state index in [0.29, 0.717) is 11.8 Å². The maximum atomic E-state index is 5.41. The lowest BCUT2D eigenvalue weighted by atomic mass is 10.2. The van der Waals surface area contributed by atoms with Crippen molar-refractivity contribution in [3.8, 4) is 5.75 Å². The Balaban J connectivity index is 1.87. The van der Waals surface area contributed by atoms with Crippen LogP contribution in [0.2, 0.25) is 0 Å². The summed E-state index contributed by atoms with van der Waals surface area (Å²) in [5, 5.41) is 6.54. The number of nitrogens with zero attached hydrogens (tertiary/aromatic N) is 2. The maximum absolute atomic E-state index is 5.41. The molecule has 0 fully saturated rings. The zero-order chi connectivity index (χ0) is 17.8. The highest BCUT2D eigenvalue weighted by Gasteiger charge is 2.07. The van der Waals surface area contributed by atoms with Crippen molar-refractivity contribution in [2.24, 2.45) is 0 Å². The molecule has 0 bridgehead atoms. The third kappa shape index (κ3) is 4.48. The molecule has 2 aromatic carbocycles. The fourth-order valence-corrected chi connectivity index (χ4v) is 2.67. The fourth-order valence-electron chi connectivity index (χ4n) is 2.41. The van der Waals surface area contributed by atoms with E-state index in [-0.39, 0.29) is 0 Å². The SMILES string of the molecule is COc1ccc(C)cc1Nc1cc(C)nc(Nc2ccc(Br)cc2)n1. The summed E-state index contributed by atoms with van der Waals surface area (Å²) in [6, 6.07) is 15.7. The van der Waals surface area contributed by atoms with Gasteiger partial charge in [0.05, 0.1) is 12.8 Å². The molecule has 25 heavy (non-hydrogen) atoms. The Morgan fingerprint density at radius 1 is 0.920 bits per heavy atom. The van der Waals surface area contributed by atoms with E-state index in [4.69, 9.17) is 4.74 Å². The van der Waals surface area contributed by atoms with Gasteiger partial charge >= 0.3 is 0 Å². The van der Waals surface area contributed by atoms with E-state index in [9.17, 15) is 0 Å². The number of anilines is 4. The van der Waals surface area contributed by atoms with Crippen molar-refractivity contribution in [2.75, 3.05) is 17.7 Å². The Bertz CT molecular complexity index is 881. The van der Waals surface area contributed by atoms with Crippen LogP contribution >= 0.6 is 15.9 Å². The minimum Gasteiger partial charge on any atom is -0.495 e. The van der Waals surface area contributed by atoms with Crippen LogP contribution in [-0.2, 0) is 0 Å². The van der Waals surface area contributed by atoms with Crippen LogP contribution in [0.3, 0.4) is 0 Å². The number of benzene rings is 2. The van der Waals surface area contributed by atoms with Crippen molar-refractivity contribution in [3.05, 3.63) is 64.3 Å².